The minimum Gasteiger partial charge on any atom is -0.464 e. The van der Waals surface area contributed by atoms with Crippen LogP contribution in [0.15, 0.2) is 30.3 Å². The highest BCUT2D eigenvalue weighted by atomic mass is 32.2. The van der Waals surface area contributed by atoms with Crippen molar-refractivity contribution in [2.45, 2.75) is 39.2 Å². The summed E-state index contributed by atoms with van der Waals surface area (Å²) in [7, 11) is -3.23. The minimum absolute atomic E-state index is 0.0614. The molecule has 0 radical (unpaired) electrons. The third kappa shape index (κ3) is 6.04. The molecule has 0 spiro atoms. The van der Waals surface area contributed by atoms with Gasteiger partial charge in [0.05, 0.1) is 12.4 Å². The number of benzene rings is 1. The zero-order valence-electron chi connectivity index (χ0n) is 15.9. The van der Waals surface area contributed by atoms with Crippen molar-refractivity contribution in [2.75, 3.05) is 25.4 Å². The van der Waals surface area contributed by atoms with Crippen LogP contribution in [-0.4, -0.2) is 56.1 Å². The molecular weight excluding hydrogens is 368 g/mol. The second kappa shape index (κ2) is 9.85. The molecule has 1 aromatic carbocycles. The predicted molar refractivity (Wildman–Crippen MR) is 102 cm³/mol. The Kier molecular flexibility index (Phi) is 7.79. The van der Waals surface area contributed by atoms with Gasteiger partial charge in [0.15, 0.2) is 0 Å². The normalized spacial score (nSPS) is 17.3. The van der Waals surface area contributed by atoms with Crippen LogP contribution in [0.25, 0.3) is 0 Å². The Morgan fingerprint density at radius 3 is 2.37 bits per heavy atom. The Balaban J connectivity index is 1.98. The van der Waals surface area contributed by atoms with E-state index in [-0.39, 0.29) is 24.2 Å². The van der Waals surface area contributed by atoms with E-state index in [1.165, 1.54) is 4.31 Å². The lowest BCUT2D eigenvalue weighted by molar-refractivity contribution is -0.148. The van der Waals surface area contributed by atoms with E-state index < -0.39 is 22.0 Å². The van der Waals surface area contributed by atoms with Gasteiger partial charge in [-0.3, -0.25) is 4.79 Å². The molecule has 1 N–H and O–H groups in total. The van der Waals surface area contributed by atoms with Gasteiger partial charge in [-0.1, -0.05) is 30.3 Å². The van der Waals surface area contributed by atoms with Crippen molar-refractivity contribution in [3.05, 3.63) is 35.9 Å². The Bertz CT molecular complexity index is 728. The van der Waals surface area contributed by atoms with Crippen molar-refractivity contribution in [3.8, 4) is 0 Å². The second-order valence-electron chi connectivity index (χ2n) is 6.58. The molecule has 2 rings (SSSR count). The smallest absolute Gasteiger partial charge is 0.328 e. The number of hydrogen-bond donors (Lipinski definition) is 1. The molecule has 0 saturated carbocycles. The van der Waals surface area contributed by atoms with E-state index in [0.717, 1.165) is 5.56 Å². The molecule has 1 aliphatic rings. The van der Waals surface area contributed by atoms with Gasteiger partial charge in [0.1, 0.15) is 6.04 Å². The molecule has 0 aliphatic carbocycles. The number of sulfonamides is 1. The molecular formula is C19H28N2O5S. The predicted octanol–water partition coefficient (Wildman–Crippen LogP) is 1.34. The Morgan fingerprint density at radius 1 is 1.19 bits per heavy atom. The first kappa shape index (κ1) is 21.4. The lowest BCUT2D eigenvalue weighted by Crippen LogP contribution is -2.48. The van der Waals surface area contributed by atoms with Gasteiger partial charge in [-0.25, -0.2) is 17.5 Å². The summed E-state index contributed by atoms with van der Waals surface area (Å²) in [5, 5.41) is 2.81. The highest BCUT2D eigenvalue weighted by molar-refractivity contribution is 7.89. The Hall–Kier alpha value is -1.93. The van der Waals surface area contributed by atoms with Gasteiger partial charge in [0.25, 0.3) is 0 Å². The first-order valence-corrected chi connectivity index (χ1v) is 11.0. The maximum atomic E-state index is 12.6. The van der Waals surface area contributed by atoms with Crippen LogP contribution >= 0.6 is 0 Å². The summed E-state index contributed by atoms with van der Waals surface area (Å²) in [5.74, 6) is -0.925. The molecule has 1 aliphatic heterocycles. The molecule has 1 fully saturated rings. The molecule has 0 aromatic heterocycles. The number of rotatable bonds is 8. The highest BCUT2D eigenvalue weighted by Gasteiger charge is 2.32. The Labute approximate surface area is 161 Å². The number of nitrogens with zero attached hydrogens (tertiary/aromatic N) is 1. The molecule has 1 amide bonds. The number of piperidine rings is 1. The van der Waals surface area contributed by atoms with E-state index in [1.54, 1.807) is 13.8 Å². The van der Waals surface area contributed by atoms with Crippen molar-refractivity contribution in [2.24, 2.45) is 5.92 Å². The topological polar surface area (TPSA) is 92.8 Å². The van der Waals surface area contributed by atoms with Gasteiger partial charge in [0.2, 0.25) is 15.9 Å². The molecule has 1 aromatic rings. The molecule has 27 heavy (non-hydrogen) atoms. The monoisotopic (exact) mass is 396 g/mol. The molecule has 8 heteroatoms. The Morgan fingerprint density at radius 2 is 1.81 bits per heavy atom. The average molecular weight is 397 g/mol. The molecule has 1 unspecified atom stereocenters. The first-order valence-electron chi connectivity index (χ1n) is 9.36. The van der Waals surface area contributed by atoms with Crippen LogP contribution in [0.1, 0.15) is 32.3 Å². The lowest BCUT2D eigenvalue weighted by atomic mass is 9.96. The molecule has 1 atom stereocenters. The average Bonchev–Trinajstić information content (AvgIpc) is 2.68. The van der Waals surface area contributed by atoms with Gasteiger partial charge < -0.3 is 10.1 Å². The van der Waals surface area contributed by atoms with Crippen LogP contribution in [0.3, 0.4) is 0 Å². The van der Waals surface area contributed by atoms with E-state index in [0.29, 0.717) is 32.4 Å². The fraction of sp³-hybridized carbons (Fsp3) is 0.579. The number of nitrogens with one attached hydrogen (secondary N) is 1. The maximum absolute atomic E-state index is 12.6. The number of ether oxygens (including phenoxy) is 1. The number of hydrogen-bond acceptors (Lipinski definition) is 5. The van der Waals surface area contributed by atoms with Crippen LogP contribution in [0.2, 0.25) is 0 Å². The summed E-state index contributed by atoms with van der Waals surface area (Å²) in [6, 6.07) is 8.68. The quantitative estimate of drug-likeness (QED) is 0.670. The fourth-order valence-corrected chi connectivity index (χ4v) is 4.29. The van der Waals surface area contributed by atoms with Crippen molar-refractivity contribution in [1.29, 1.82) is 0 Å². The molecule has 0 bridgehead atoms. The van der Waals surface area contributed by atoms with Gasteiger partial charge in [0, 0.05) is 25.4 Å². The largest absolute Gasteiger partial charge is 0.464 e. The molecule has 1 heterocycles. The number of carbonyl (C=O) groups is 2. The zero-order chi connectivity index (χ0) is 19.9. The highest BCUT2D eigenvalue weighted by Crippen LogP contribution is 2.20. The third-order valence-electron chi connectivity index (χ3n) is 4.75. The van der Waals surface area contributed by atoms with Crippen LogP contribution in [-0.2, 0) is 30.8 Å². The standard InChI is InChI=1S/C19H28N2O5S/c1-3-26-19(23)17(14-15-8-6-5-7-9-15)20-18(22)16-10-12-21(13-11-16)27(24,25)4-2/h5-9,16-17H,3-4,10-14H2,1-2H3,(H,20,22). The minimum atomic E-state index is -3.23. The van der Waals surface area contributed by atoms with Crippen LogP contribution < -0.4 is 5.32 Å². The summed E-state index contributed by atoms with van der Waals surface area (Å²) < 4.78 is 30.4. The molecule has 7 nitrogen and oxygen atoms in total. The van der Waals surface area contributed by atoms with Gasteiger partial charge in [-0.2, -0.15) is 0 Å². The molecule has 150 valence electrons. The van der Waals surface area contributed by atoms with Crippen LogP contribution in [0.5, 0.6) is 0 Å². The third-order valence-corrected chi connectivity index (χ3v) is 6.63. The van der Waals surface area contributed by atoms with Crippen LogP contribution in [0.4, 0.5) is 0 Å². The van der Waals surface area contributed by atoms with Gasteiger partial charge in [-0.15, -0.1) is 0 Å². The summed E-state index contributed by atoms with van der Waals surface area (Å²) in [6.45, 7) is 4.24. The SMILES string of the molecule is CCOC(=O)C(Cc1ccccc1)NC(=O)C1CCN(S(=O)(=O)CC)CC1. The van der Waals surface area contributed by atoms with Gasteiger partial charge >= 0.3 is 5.97 Å². The van der Waals surface area contributed by atoms with E-state index >= 15 is 0 Å². The van der Waals surface area contributed by atoms with Crippen molar-refractivity contribution in [1.82, 2.24) is 9.62 Å². The summed E-state index contributed by atoms with van der Waals surface area (Å²) >= 11 is 0. The fourth-order valence-electron chi connectivity index (χ4n) is 3.15. The van der Waals surface area contributed by atoms with Crippen molar-refractivity contribution in [3.63, 3.8) is 0 Å². The van der Waals surface area contributed by atoms with E-state index in [1.807, 2.05) is 30.3 Å². The zero-order valence-corrected chi connectivity index (χ0v) is 16.7. The van der Waals surface area contributed by atoms with Gasteiger partial charge in [-0.05, 0) is 32.3 Å². The number of amides is 1. The maximum Gasteiger partial charge on any atom is 0.328 e. The first-order chi connectivity index (χ1) is 12.9. The van der Waals surface area contributed by atoms with Crippen molar-refractivity contribution >= 4 is 21.9 Å². The second-order valence-corrected chi connectivity index (χ2v) is 8.83. The van der Waals surface area contributed by atoms with E-state index in [2.05, 4.69) is 5.32 Å². The summed E-state index contributed by atoms with van der Waals surface area (Å²) in [6.07, 6.45) is 1.26. The van der Waals surface area contributed by atoms with Crippen LogP contribution in [0, 0.1) is 5.92 Å². The number of esters is 1. The number of carbonyl (C=O) groups excluding carboxylic acids is 2. The summed E-state index contributed by atoms with van der Waals surface area (Å²) in [5.41, 5.74) is 0.930. The lowest BCUT2D eigenvalue weighted by Gasteiger charge is -2.31. The van der Waals surface area contributed by atoms with E-state index in [9.17, 15) is 18.0 Å². The van der Waals surface area contributed by atoms with Crippen molar-refractivity contribution < 1.29 is 22.7 Å². The summed E-state index contributed by atoms with van der Waals surface area (Å²) in [4.78, 5) is 24.9. The molecule has 1 saturated heterocycles. The van der Waals surface area contributed by atoms with E-state index in [4.69, 9.17) is 4.74 Å².